The quantitative estimate of drug-likeness (QED) is 0.0314. The first kappa shape index (κ1) is 94.6. The van der Waals surface area contributed by atoms with Crippen LogP contribution in [0, 0.1) is 63.2 Å². The van der Waals surface area contributed by atoms with Crippen LogP contribution in [0.2, 0.25) is 0 Å². The number of H-pyrrole nitrogens is 5. The van der Waals surface area contributed by atoms with Gasteiger partial charge in [0.15, 0.2) is 0 Å². The summed E-state index contributed by atoms with van der Waals surface area (Å²) in [4.78, 5) is 40.5. The van der Waals surface area contributed by atoms with Gasteiger partial charge in [-0.1, -0.05) is 25.1 Å². The molecule has 5 saturated heterocycles. The number of aromatic amines is 5. The molecule has 22 rings (SSSR count). The number of halogens is 1. The van der Waals surface area contributed by atoms with Crippen molar-refractivity contribution in [2.75, 3.05) is 89.4 Å². The second-order valence-corrected chi connectivity index (χ2v) is 45.9. The van der Waals surface area contributed by atoms with Crippen LogP contribution in [0.4, 0.5) is 10.1 Å². The molecule has 40 nitrogen and oxygen atoms in total. The Balaban J connectivity index is 0.000000115. The Morgan fingerprint density at radius 3 is 1.24 bits per heavy atom. The normalized spacial score (nSPS) is 17.2. The summed E-state index contributed by atoms with van der Waals surface area (Å²) >= 11 is 0. The van der Waals surface area contributed by atoms with Crippen LogP contribution in [-0.2, 0) is 77.8 Å². The van der Waals surface area contributed by atoms with Crippen LogP contribution in [0.25, 0.3) is 116 Å². The molecule has 46 heteroatoms. The van der Waals surface area contributed by atoms with Crippen LogP contribution in [0.15, 0.2) is 214 Å². The van der Waals surface area contributed by atoms with Crippen molar-refractivity contribution in [3.63, 3.8) is 0 Å². The lowest BCUT2D eigenvalue weighted by molar-refractivity contribution is 0.0415. The van der Waals surface area contributed by atoms with E-state index in [1.54, 1.807) is 126 Å². The molecule has 0 atom stereocenters. The summed E-state index contributed by atoms with van der Waals surface area (Å²) in [6, 6.07) is 36.5. The van der Waals surface area contributed by atoms with Gasteiger partial charge < -0.3 is 29.5 Å². The second-order valence-electron chi connectivity index (χ2n) is 35.2. The number of fused-ring (bicyclic) bond motifs is 5. The van der Waals surface area contributed by atoms with Crippen molar-refractivity contribution in [2.45, 2.75) is 104 Å². The number of alkyl halides is 1. The summed E-state index contributed by atoms with van der Waals surface area (Å²) < 4.78 is 153. The first-order valence-electron chi connectivity index (χ1n) is 44.3. The Labute approximate surface area is 798 Å². The van der Waals surface area contributed by atoms with Gasteiger partial charge >= 0.3 is 0 Å². The molecule has 16 aromatic rings. The Kier molecular flexibility index (Phi) is 25.4. The van der Waals surface area contributed by atoms with Gasteiger partial charge in [-0.05, 0) is 117 Å². The van der Waals surface area contributed by atoms with Crippen LogP contribution in [0.5, 0.6) is 0 Å². The average molecular weight is 1970 g/mol. The van der Waals surface area contributed by atoms with Crippen LogP contribution in [-0.4, -0.2) is 252 Å². The third-order valence-corrected chi connectivity index (χ3v) is 36.1. The van der Waals surface area contributed by atoms with Gasteiger partial charge in [0.2, 0.25) is 55.8 Å². The molecule has 0 amide bonds. The van der Waals surface area contributed by atoms with E-state index in [0.29, 0.717) is 77.4 Å². The molecule has 0 spiro atoms. The molecule has 0 radical (unpaired) electrons. The first-order valence-corrected chi connectivity index (χ1v) is 52.1. The zero-order valence-electron chi connectivity index (χ0n) is 75.2. The van der Waals surface area contributed by atoms with Crippen molar-refractivity contribution in [1.82, 2.24) is 115 Å². The minimum absolute atomic E-state index is 0.0201. The fraction of sp³-hybridized carbons (Fsp3) is 0.323. The van der Waals surface area contributed by atoms with Gasteiger partial charge in [0.25, 0.3) is 0 Å². The molecule has 6 fully saturated rings. The number of rotatable bonds is 26. The molecule has 20 heterocycles. The molecular formula is C93H91FN30O10S5. The number of sulfonamides is 5. The third kappa shape index (κ3) is 17.4. The van der Waals surface area contributed by atoms with E-state index in [0.717, 1.165) is 90.1 Å². The van der Waals surface area contributed by atoms with Gasteiger partial charge in [-0.15, -0.1) is 0 Å². The lowest BCUT2D eigenvalue weighted by Crippen LogP contribution is -2.65. The zero-order valence-corrected chi connectivity index (χ0v) is 79.3. The maximum Gasteiger partial charge on any atom is 0.243 e. The maximum atomic E-state index is 13.9. The van der Waals surface area contributed by atoms with Gasteiger partial charge in [-0.3, -0.25) is 23.7 Å². The van der Waals surface area contributed by atoms with Crippen molar-refractivity contribution >= 4 is 111 Å². The number of benzene rings is 1. The summed E-state index contributed by atoms with van der Waals surface area (Å²) in [6.45, 7) is 14.0. The lowest BCUT2D eigenvalue weighted by Gasteiger charge is -2.48. The minimum atomic E-state index is -3.65. The summed E-state index contributed by atoms with van der Waals surface area (Å²) in [5, 5.41) is 68.8. The van der Waals surface area contributed by atoms with Gasteiger partial charge in [0.05, 0.1) is 120 Å². The SMILES string of the molecule is CCCS(=O)(=O)N1CC(CC#N)(n2cc(-c3ccnc4[nH]ccc34)cn2)C1.CCS(=O)(=O)N1CC(CC#N)(n2ccc(-c3ccnc4[nH]ccc34)c2)C1.CCS(=O)(=O)N1CC(CF)(n2cc(-c3c(C#N)cnc4[nH]ccc34)cn2)C1.N#CCC1(n2cc(-c3ccnc4[nH]ccc34)cn2)CN(S(=O)(=O)C2CC2)C1.[C-]#[N+]c1cnc2[nH]ccc2c1-c1cnn(C2(CC#N)CN(S(=O)(=O)c3ccccc3)C2)c1. The minimum Gasteiger partial charge on any atom is -0.346 e. The van der Waals surface area contributed by atoms with Crippen molar-refractivity contribution in [3.8, 4) is 86.0 Å². The Morgan fingerprint density at radius 1 is 0.417 bits per heavy atom. The van der Waals surface area contributed by atoms with Gasteiger partial charge in [-0.2, -0.15) is 68.2 Å². The van der Waals surface area contributed by atoms with Crippen molar-refractivity contribution < 1.29 is 46.5 Å². The third-order valence-electron chi connectivity index (χ3n) is 26.4. The largest absolute Gasteiger partial charge is 0.346 e. The number of nitriles is 5. The highest BCUT2D eigenvalue weighted by molar-refractivity contribution is 7.90. The number of hydrogen-bond donors (Lipinski definition) is 5. The van der Waals surface area contributed by atoms with E-state index in [4.69, 9.17) is 6.57 Å². The molecule has 1 aliphatic carbocycles. The molecular weight excluding hydrogens is 1880 g/mol. The van der Waals surface area contributed by atoms with E-state index in [1.165, 1.54) is 38.6 Å². The van der Waals surface area contributed by atoms with Gasteiger partial charge in [-0.25, -0.2) is 71.3 Å². The predicted octanol–water partition coefficient (Wildman–Crippen LogP) is 11.2. The molecule has 0 unspecified atom stereocenters. The maximum absolute atomic E-state index is 13.9. The smallest absolute Gasteiger partial charge is 0.243 e. The number of nitrogens with zero attached hydrogens (tertiary/aromatic N) is 25. The Morgan fingerprint density at radius 2 is 0.799 bits per heavy atom. The highest BCUT2D eigenvalue weighted by Crippen LogP contribution is 2.46. The van der Waals surface area contributed by atoms with Gasteiger partial charge in [0.1, 0.15) is 63.1 Å². The van der Waals surface area contributed by atoms with E-state index in [1.807, 2.05) is 109 Å². The summed E-state index contributed by atoms with van der Waals surface area (Å²) in [5.41, 5.74) is 9.66. The summed E-state index contributed by atoms with van der Waals surface area (Å²) in [6.07, 6.45) is 38.0. The monoisotopic (exact) mass is 1970 g/mol. The number of pyridine rings is 5. The van der Waals surface area contributed by atoms with Crippen molar-refractivity contribution in [3.05, 3.63) is 226 Å². The molecule has 139 heavy (non-hydrogen) atoms. The van der Waals surface area contributed by atoms with Crippen LogP contribution in [0.3, 0.4) is 0 Å². The lowest BCUT2D eigenvalue weighted by atomic mass is 9.89. The number of aromatic nitrogens is 19. The summed E-state index contributed by atoms with van der Waals surface area (Å²) in [7, 11) is -16.7. The molecule has 5 N–H and O–H groups in total. The van der Waals surface area contributed by atoms with Crippen molar-refractivity contribution in [1.29, 1.82) is 26.3 Å². The Bertz CT molecular complexity index is 8260. The molecule has 1 aromatic carbocycles. The fourth-order valence-corrected chi connectivity index (χ4v) is 26.2. The van der Waals surface area contributed by atoms with E-state index >= 15 is 0 Å². The van der Waals surface area contributed by atoms with Crippen molar-refractivity contribution in [2.24, 2.45) is 0 Å². The topological polar surface area (TPSA) is 530 Å². The average Bonchev–Trinajstić information content (AvgIpc) is 1.23. The number of nitrogens with one attached hydrogen (secondary N) is 5. The standard InChI is InChI=1S/C22H17N7O2S.C18H18N6O2S.C18H20N6O2S.C18H19N5O2S.C17H17FN6O2S/c1-24-19-12-26-21-18(7-10-25-21)20(19)16-11-27-29(13-16)22(8-9-23)14-28(15-22)32(30,31)17-5-3-2-4-6-17;19-6-5-18(11-23(12-18)27(25,26)14-1-2-14)24-10-13(9-22-24)15-3-7-20-17-16(15)4-8-21-17;1-2-9-27(25,26)23-12-18(13-23,5-6-19)24-11-14(10-22-24)15-3-7-20-17-16(15)4-8-21-17;1-2-26(24,25)23-12-18(13-23,6-7-19)22-10-5-14(11-22)15-3-8-20-17-16(15)4-9-21-17;1-2-27(25,26)23-10-17(9-18,11-23)24-8-13(7-22-24)15-12(5-19)6-21-16-14(15)3-4-20-16/h2-7,10-13H,8,14-15H2,(H,25,26);3-4,7-10,14H,1-2,5,11-12H2,(H,20,21);3-4,7-8,10-11H,2,5,9,12-13H2,1H3,(H,20,21);3-5,8-11H,2,6,12-13H2,1H3,(H,20,21);3-4,6-8H,2,9-11H2,1H3,(H,20,21). The number of hydrogen-bond acceptors (Lipinski definition) is 24. The molecule has 1 saturated carbocycles. The predicted molar refractivity (Wildman–Crippen MR) is 513 cm³/mol. The van der Waals surface area contributed by atoms with Gasteiger partial charge in [0, 0.05) is 230 Å². The Hall–Kier alpha value is -14.8. The van der Waals surface area contributed by atoms with Crippen LogP contribution in [0.1, 0.15) is 71.3 Å². The molecule has 5 aliphatic heterocycles. The van der Waals surface area contributed by atoms with Crippen LogP contribution >= 0.6 is 0 Å². The van der Waals surface area contributed by atoms with Crippen LogP contribution < -0.4 is 0 Å². The molecule has 0 bridgehead atoms. The zero-order chi connectivity index (χ0) is 97.7. The molecule has 6 aliphatic rings. The van der Waals surface area contributed by atoms with E-state index in [-0.39, 0.29) is 92.4 Å². The highest BCUT2D eigenvalue weighted by atomic mass is 32.2. The highest BCUT2D eigenvalue weighted by Gasteiger charge is 2.56. The first-order chi connectivity index (χ1) is 66.9. The van der Waals surface area contributed by atoms with E-state index in [2.05, 4.69) is 105 Å². The molecule has 710 valence electrons. The second kappa shape index (κ2) is 37.3. The van der Waals surface area contributed by atoms with E-state index < -0.39 is 84.5 Å². The molecule has 15 aromatic heterocycles. The summed E-state index contributed by atoms with van der Waals surface area (Å²) in [5.74, 6) is 0.186. The van der Waals surface area contributed by atoms with E-state index in [9.17, 15) is 72.8 Å². The fourth-order valence-electron chi connectivity index (χ4n) is 18.5.